The fourth-order valence-corrected chi connectivity index (χ4v) is 1.69. The smallest absolute Gasteiger partial charge is 0.214 e. The highest BCUT2D eigenvalue weighted by molar-refractivity contribution is 5.54. The average Bonchev–Trinajstić information content (AvgIpc) is 2.58. The van der Waals surface area contributed by atoms with Crippen LogP contribution < -0.4 is 9.47 Å². The summed E-state index contributed by atoms with van der Waals surface area (Å²) in [6.07, 6.45) is 1.53. The number of nitriles is 1. The lowest BCUT2D eigenvalue weighted by atomic mass is 10.1. The third kappa shape index (κ3) is 3.76. The van der Waals surface area contributed by atoms with Gasteiger partial charge in [-0.3, -0.25) is 0 Å². The predicted octanol–water partition coefficient (Wildman–Crippen LogP) is 2.34. The normalized spacial score (nSPS) is 9.32. The van der Waals surface area contributed by atoms with Gasteiger partial charge in [0, 0.05) is 18.7 Å². The molecule has 0 radical (unpaired) electrons. The lowest BCUT2D eigenvalue weighted by molar-refractivity contribution is 0.0506. The van der Waals surface area contributed by atoms with E-state index < -0.39 is 0 Å². The molecule has 1 aromatic heterocycles. The SMILES string of the molecule is COCOc1cnc(OC)cc1C#Cc1ccccc1C#N. The van der Waals surface area contributed by atoms with Crippen molar-refractivity contribution in [1.82, 2.24) is 4.98 Å². The van der Waals surface area contributed by atoms with Gasteiger partial charge in [0.1, 0.15) is 6.07 Å². The summed E-state index contributed by atoms with van der Waals surface area (Å²) >= 11 is 0. The molecule has 0 saturated carbocycles. The fourth-order valence-electron chi connectivity index (χ4n) is 1.69. The Morgan fingerprint density at radius 2 is 1.82 bits per heavy atom. The summed E-state index contributed by atoms with van der Waals surface area (Å²) in [7, 11) is 3.06. The molecule has 22 heavy (non-hydrogen) atoms. The van der Waals surface area contributed by atoms with Crippen LogP contribution in [-0.2, 0) is 4.74 Å². The molecular weight excluding hydrogens is 280 g/mol. The highest BCUT2D eigenvalue weighted by Gasteiger charge is 2.05. The number of aromatic nitrogens is 1. The molecule has 0 atom stereocenters. The second-order valence-electron chi connectivity index (χ2n) is 4.18. The van der Waals surface area contributed by atoms with Crippen LogP contribution in [0.25, 0.3) is 0 Å². The molecule has 0 aliphatic rings. The summed E-state index contributed by atoms with van der Waals surface area (Å²) in [5, 5.41) is 9.08. The van der Waals surface area contributed by atoms with Gasteiger partial charge in [-0.1, -0.05) is 24.0 Å². The number of nitrogens with zero attached hydrogens (tertiary/aromatic N) is 2. The molecule has 110 valence electrons. The first-order chi connectivity index (χ1) is 10.8. The predicted molar refractivity (Wildman–Crippen MR) is 80.4 cm³/mol. The Kier molecular flexibility index (Phi) is 5.37. The van der Waals surface area contributed by atoms with Crippen molar-refractivity contribution in [3.63, 3.8) is 0 Å². The van der Waals surface area contributed by atoms with E-state index in [0.29, 0.717) is 28.3 Å². The van der Waals surface area contributed by atoms with Crippen molar-refractivity contribution in [3.05, 3.63) is 53.2 Å². The van der Waals surface area contributed by atoms with Crippen LogP contribution in [0.1, 0.15) is 16.7 Å². The number of pyridine rings is 1. The van der Waals surface area contributed by atoms with E-state index in [-0.39, 0.29) is 6.79 Å². The lowest BCUT2D eigenvalue weighted by Crippen LogP contribution is -2.01. The van der Waals surface area contributed by atoms with E-state index in [0.717, 1.165) is 0 Å². The van der Waals surface area contributed by atoms with Crippen LogP contribution in [0, 0.1) is 23.2 Å². The first kappa shape index (κ1) is 15.4. The third-order valence-corrected chi connectivity index (χ3v) is 2.76. The summed E-state index contributed by atoms with van der Waals surface area (Å²) in [6, 6.07) is 10.9. The van der Waals surface area contributed by atoms with Gasteiger partial charge in [0.05, 0.1) is 24.4 Å². The molecule has 0 aliphatic carbocycles. The molecule has 1 heterocycles. The Bertz CT molecular complexity index is 754. The fraction of sp³-hybridized carbons (Fsp3) is 0.176. The number of hydrogen-bond acceptors (Lipinski definition) is 5. The van der Waals surface area contributed by atoms with Crippen LogP contribution in [0.5, 0.6) is 11.6 Å². The Morgan fingerprint density at radius 3 is 2.50 bits per heavy atom. The van der Waals surface area contributed by atoms with Crippen LogP contribution >= 0.6 is 0 Å². The van der Waals surface area contributed by atoms with Crippen molar-refractivity contribution in [3.8, 4) is 29.5 Å². The van der Waals surface area contributed by atoms with Gasteiger partial charge in [-0.05, 0) is 12.1 Å². The molecule has 0 fully saturated rings. The Labute approximate surface area is 129 Å². The summed E-state index contributed by atoms with van der Waals surface area (Å²) in [4.78, 5) is 4.08. The Hall–Kier alpha value is -3.02. The molecule has 0 unspecified atom stereocenters. The third-order valence-electron chi connectivity index (χ3n) is 2.76. The summed E-state index contributed by atoms with van der Waals surface area (Å²) in [6.45, 7) is 0.0947. The van der Waals surface area contributed by atoms with E-state index in [1.807, 2.05) is 6.07 Å². The van der Waals surface area contributed by atoms with Gasteiger partial charge in [0.25, 0.3) is 0 Å². The van der Waals surface area contributed by atoms with Crippen LogP contribution in [-0.4, -0.2) is 26.0 Å². The molecule has 0 amide bonds. The van der Waals surface area contributed by atoms with Gasteiger partial charge in [0.15, 0.2) is 12.5 Å². The van der Waals surface area contributed by atoms with Crippen molar-refractivity contribution >= 4 is 0 Å². The van der Waals surface area contributed by atoms with Gasteiger partial charge in [-0.15, -0.1) is 0 Å². The van der Waals surface area contributed by atoms with Gasteiger partial charge >= 0.3 is 0 Å². The molecule has 2 aromatic rings. The largest absolute Gasteiger partial charge is 0.481 e. The molecular formula is C17H14N2O3. The highest BCUT2D eigenvalue weighted by atomic mass is 16.7. The second-order valence-corrected chi connectivity index (χ2v) is 4.18. The summed E-state index contributed by atoms with van der Waals surface area (Å²) in [5.41, 5.74) is 1.78. The molecule has 2 rings (SSSR count). The monoisotopic (exact) mass is 294 g/mol. The zero-order valence-electron chi connectivity index (χ0n) is 12.3. The van der Waals surface area contributed by atoms with Crippen molar-refractivity contribution < 1.29 is 14.2 Å². The molecule has 1 aromatic carbocycles. The van der Waals surface area contributed by atoms with Crippen molar-refractivity contribution in [2.24, 2.45) is 0 Å². The minimum atomic E-state index is 0.0947. The maximum Gasteiger partial charge on any atom is 0.214 e. The van der Waals surface area contributed by atoms with Gasteiger partial charge in [-0.2, -0.15) is 5.26 Å². The maximum atomic E-state index is 9.08. The van der Waals surface area contributed by atoms with Crippen molar-refractivity contribution in [2.45, 2.75) is 0 Å². The molecule has 5 heteroatoms. The zero-order chi connectivity index (χ0) is 15.8. The van der Waals surface area contributed by atoms with E-state index in [9.17, 15) is 0 Å². The first-order valence-corrected chi connectivity index (χ1v) is 6.45. The van der Waals surface area contributed by atoms with Crippen molar-refractivity contribution in [2.75, 3.05) is 21.0 Å². The van der Waals surface area contributed by atoms with E-state index >= 15 is 0 Å². The molecule has 0 bridgehead atoms. The van der Waals surface area contributed by atoms with E-state index in [1.165, 1.54) is 20.4 Å². The van der Waals surface area contributed by atoms with Gasteiger partial charge in [0.2, 0.25) is 5.88 Å². The molecule has 0 spiro atoms. The first-order valence-electron chi connectivity index (χ1n) is 6.45. The number of hydrogen-bond donors (Lipinski definition) is 0. The summed E-state index contributed by atoms with van der Waals surface area (Å²) < 4.78 is 15.4. The van der Waals surface area contributed by atoms with E-state index in [1.54, 1.807) is 24.3 Å². The lowest BCUT2D eigenvalue weighted by Gasteiger charge is -2.07. The van der Waals surface area contributed by atoms with Crippen LogP contribution in [0.15, 0.2) is 36.5 Å². The summed E-state index contributed by atoms with van der Waals surface area (Å²) in [5.74, 6) is 6.88. The standard InChI is InChI=1S/C17H14N2O3/c1-20-12-22-16-11-19-17(21-2)9-14(16)8-7-13-5-3-4-6-15(13)10-18/h3-6,9,11H,12H2,1-2H3. The number of rotatable bonds is 4. The second kappa shape index (κ2) is 7.68. The van der Waals surface area contributed by atoms with Crippen LogP contribution in [0.2, 0.25) is 0 Å². The average molecular weight is 294 g/mol. The number of methoxy groups -OCH3 is 2. The highest BCUT2D eigenvalue weighted by Crippen LogP contribution is 2.21. The topological polar surface area (TPSA) is 64.4 Å². The van der Waals surface area contributed by atoms with Crippen LogP contribution in [0.3, 0.4) is 0 Å². The zero-order valence-corrected chi connectivity index (χ0v) is 12.3. The molecule has 0 saturated heterocycles. The quantitative estimate of drug-likeness (QED) is 0.639. The molecule has 0 N–H and O–H groups in total. The number of benzene rings is 1. The van der Waals surface area contributed by atoms with E-state index in [4.69, 9.17) is 19.5 Å². The maximum absolute atomic E-state index is 9.08. The minimum Gasteiger partial charge on any atom is -0.481 e. The van der Waals surface area contributed by atoms with Crippen LogP contribution in [0.4, 0.5) is 0 Å². The van der Waals surface area contributed by atoms with E-state index in [2.05, 4.69) is 22.9 Å². The Balaban J connectivity index is 2.39. The molecule has 0 aliphatic heterocycles. The number of ether oxygens (including phenoxy) is 3. The Morgan fingerprint density at radius 1 is 1.09 bits per heavy atom. The molecule has 5 nitrogen and oxygen atoms in total. The minimum absolute atomic E-state index is 0.0947. The van der Waals surface area contributed by atoms with Crippen molar-refractivity contribution in [1.29, 1.82) is 5.26 Å². The van der Waals surface area contributed by atoms with Gasteiger partial charge < -0.3 is 14.2 Å². The van der Waals surface area contributed by atoms with Gasteiger partial charge in [-0.25, -0.2) is 4.98 Å².